The molecule has 0 fully saturated rings. The minimum Gasteiger partial charge on any atom is -0.462 e. The third-order valence-electron chi connectivity index (χ3n) is 16.9. The monoisotopic (exact) mass is 1310 g/mol. The van der Waals surface area contributed by atoms with Gasteiger partial charge in [0.1, 0.15) is 19.3 Å². The van der Waals surface area contributed by atoms with Crippen LogP contribution in [-0.4, -0.2) is 96.7 Å². The predicted molar refractivity (Wildman–Crippen MR) is 358 cm³/mol. The molecule has 0 aromatic carbocycles. The number of carbonyl (C=O) groups is 4. The standard InChI is InChI=1S/C70H136O17P2/c1-8-11-12-13-14-15-16-24-31-39-46-53-69(74)87-66(58-81-68(73)52-45-38-33-26-27-34-41-48-61(4)5)60-85-89(78,79)83-56-64(71)55-82-88(76,77)84-59-65(86-70(75)54-47-40-32-25-20-18-22-29-36-43-50-63(7)10-3)57-80-67(72)51-44-37-30-23-19-17-21-28-35-42-49-62(6)9-2/h61-66,71H,8-60H2,1-7H3,(H,76,77)(H,78,79)/t62?,63?,64-,65-,66-/m1/s1. The SMILES string of the molecule is CCCCCCCCCCCCCC(=O)O[C@H](COC(=O)CCCCCCCCCC(C)C)COP(=O)(O)OC[C@H](O)COP(=O)(O)OC[C@@H](COC(=O)CCCCCCCCCCCCC(C)CC)OC(=O)CCCCCCCCCCCCC(C)CC. The molecule has 3 N–H and O–H groups in total. The molecule has 19 heteroatoms. The van der Waals surface area contributed by atoms with Gasteiger partial charge in [-0.15, -0.1) is 0 Å². The van der Waals surface area contributed by atoms with E-state index in [9.17, 15) is 43.2 Å². The van der Waals surface area contributed by atoms with Gasteiger partial charge in [0.2, 0.25) is 0 Å². The highest BCUT2D eigenvalue weighted by molar-refractivity contribution is 7.47. The fourth-order valence-corrected chi connectivity index (χ4v) is 12.1. The van der Waals surface area contributed by atoms with Crippen LogP contribution in [-0.2, 0) is 65.4 Å². The topological polar surface area (TPSA) is 237 Å². The van der Waals surface area contributed by atoms with E-state index in [1.807, 2.05) is 0 Å². The van der Waals surface area contributed by atoms with Crippen LogP contribution in [0.1, 0.15) is 350 Å². The van der Waals surface area contributed by atoms with Gasteiger partial charge in [0, 0.05) is 25.7 Å². The van der Waals surface area contributed by atoms with E-state index in [1.165, 1.54) is 154 Å². The van der Waals surface area contributed by atoms with E-state index in [4.69, 9.17) is 37.0 Å². The molecular weight excluding hydrogens is 1170 g/mol. The quantitative estimate of drug-likeness (QED) is 0.0222. The van der Waals surface area contributed by atoms with Crippen LogP contribution in [0.25, 0.3) is 0 Å². The van der Waals surface area contributed by atoms with Crippen LogP contribution in [0, 0.1) is 17.8 Å². The molecule has 7 atom stereocenters. The van der Waals surface area contributed by atoms with E-state index >= 15 is 0 Å². The summed E-state index contributed by atoms with van der Waals surface area (Å²) in [5.41, 5.74) is 0. The molecule has 0 amide bonds. The van der Waals surface area contributed by atoms with Gasteiger partial charge < -0.3 is 33.8 Å². The van der Waals surface area contributed by atoms with Gasteiger partial charge in [0.05, 0.1) is 26.4 Å². The van der Waals surface area contributed by atoms with Crippen molar-refractivity contribution in [2.75, 3.05) is 39.6 Å². The third kappa shape index (κ3) is 62.0. The number of aliphatic hydroxyl groups is 1. The second-order valence-electron chi connectivity index (χ2n) is 26.2. The Morgan fingerprint density at radius 3 is 0.854 bits per heavy atom. The Labute approximate surface area is 543 Å². The lowest BCUT2D eigenvalue weighted by atomic mass is 9.99. The summed E-state index contributed by atoms with van der Waals surface area (Å²) in [6, 6.07) is 0. The molecular formula is C70H136O17P2. The highest BCUT2D eigenvalue weighted by Gasteiger charge is 2.30. The van der Waals surface area contributed by atoms with Crippen molar-refractivity contribution >= 4 is 39.5 Å². The number of carbonyl (C=O) groups excluding carboxylic acids is 4. The molecule has 4 unspecified atom stereocenters. The average Bonchev–Trinajstić information content (AvgIpc) is 3.57. The maximum Gasteiger partial charge on any atom is 0.472 e. The zero-order valence-electron chi connectivity index (χ0n) is 57.9. The van der Waals surface area contributed by atoms with E-state index in [1.54, 1.807) is 0 Å². The zero-order chi connectivity index (χ0) is 65.9. The predicted octanol–water partition coefficient (Wildman–Crippen LogP) is 19.8. The van der Waals surface area contributed by atoms with Crippen molar-refractivity contribution in [3.05, 3.63) is 0 Å². The van der Waals surface area contributed by atoms with Gasteiger partial charge in [-0.1, -0.05) is 299 Å². The number of esters is 4. The number of unbranched alkanes of at least 4 members (excludes halogenated alkanes) is 34. The maximum atomic E-state index is 13.0. The molecule has 0 rings (SSSR count). The highest BCUT2D eigenvalue weighted by Crippen LogP contribution is 2.45. The number of aliphatic hydroxyl groups excluding tert-OH is 1. The van der Waals surface area contributed by atoms with Crippen LogP contribution in [0.5, 0.6) is 0 Å². The van der Waals surface area contributed by atoms with Crippen molar-refractivity contribution in [1.29, 1.82) is 0 Å². The normalized spacial score (nSPS) is 14.8. The van der Waals surface area contributed by atoms with Gasteiger partial charge in [-0.2, -0.15) is 0 Å². The molecule has 89 heavy (non-hydrogen) atoms. The van der Waals surface area contributed by atoms with Gasteiger partial charge in [-0.05, 0) is 43.4 Å². The molecule has 0 saturated heterocycles. The third-order valence-corrected chi connectivity index (χ3v) is 18.8. The first kappa shape index (κ1) is 87.1. The molecule has 0 radical (unpaired) electrons. The Kier molecular flexibility index (Phi) is 59.6. The van der Waals surface area contributed by atoms with Gasteiger partial charge in [0.15, 0.2) is 12.2 Å². The van der Waals surface area contributed by atoms with Crippen molar-refractivity contribution in [2.24, 2.45) is 17.8 Å². The molecule has 0 aliphatic heterocycles. The minimum atomic E-state index is -4.95. The Bertz CT molecular complexity index is 1750. The molecule has 0 saturated carbocycles. The minimum absolute atomic E-state index is 0.106. The van der Waals surface area contributed by atoms with Crippen molar-refractivity contribution in [2.45, 2.75) is 369 Å². The van der Waals surface area contributed by atoms with Crippen LogP contribution >= 0.6 is 15.6 Å². The Hall–Kier alpha value is -1.94. The highest BCUT2D eigenvalue weighted by atomic mass is 31.2. The number of phosphoric ester groups is 2. The van der Waals surface area contributed by atoms with Gasteiger partial charge >= 0.3 is 39.5 Å². The van der Waals surface area contributed by atoms with E-state index in [0.29, 0.717) is 31.6 Å². The Morgan fingerprint density at radius 1 is 0.326 bits per heavy atom. The van der Waals surface area contributed by atoms with Crippen molar-refractivity contribution in [3.63, 3.8) is 0 Å². The van der Waals surface area contributed by atoms with Crippen LogP contribution in [0.15, 0.2) is 0 Å². The summed E-state index contributed by atoms with van der Waals surface area (Å²) in [6.45, 7) is 11.8. The summed E-state index contributed by atoms with van der Waals surface area (Å²) < 4.78 is 68.3. The van der Waals surface area contributed by atoms with Gasteiger partial charge in [0.25, 0.3) is 0 Å². The van der Waals surface area contributed by atoms with Crippen LogP contribution in [0.2, 0.25) is 0 Å². The summed E-state index contributed by atoms with van der Waals surface area (Å²) in [4.78, 5) is 72.5. The molecule has 0 aliphatic carbocycles. The zero-order valence-corrected chi connectivity index (χ0v) is 59.7. The van der Waals surface area contributed by atoms with E-state index in [0.717, 1.165) is 108 Å². The van der Waals surface area contributed by atoms with Crippen molar-refractivity contribution in [1.82, 2.24) is 0 Å². The maximum absolute atomic E-state index is 13.0. The molecule has 0 heterocycles. The smallest absolute Gasteiger partial charge is 0.462 e. The number of ether oxygens (including phenoxy) is 4. The van der Waals surface area contributed by atoms with Crippen LogP contribution in [0.3, 0.4) is 0 Å². The Morgan fingerprint density at radius 2 is 0.573 bits per heavy atom. The molecule has 0 aromatic rings. The van der Waals surface area contributed by atoms with Crippen LogP contribution in [0.4, 0.5) is 0 Å². The summed E-state index contributed by atoms with van der Waals surface area (Å²) in [5.74, 6) is 0.192. The summed E-state index contributed by atoms with van der Waals surface area (Å²) in [6.07, 6.45) is 44.3. The molecule has 0 spiro atoms. The largest absolute Gasteiger partial charge is 0.472 e. The molecule has 0 bridgehead atoms. The van der Waals surface area contributed by atoms with E-state index in [-0.39, 0.29) is 25.7 Å². The Balaban J connectivity index is 5.26. The number of rotatable bonds is 68. The van der Waals surface area contributed by atoms with E-state index < -0.39 is 97.5 Å². The van der Waals surface area contributed by atoms with Crippen molar-refractivity contribution in [3.8, 4) is 0 Å². The van der Waals surface area contributed by atoms with Crippen molar-refractivity contribution < 1.29 is 80.2 Å². The summed E-state index contributed by atoms with van der Waals surface area (Å²) in [7, 11) is -9.90. The second kappa shape index (κ2) is 61.0. The van der Waals surface area contributed by atoms with Crippen LogP contribution < -0.4 is 0 Å². The van der Waals surface area contributed by atoms with Gasteiger partial charge in [-0.25, -0.2) is 9.13 Å². The molecule has 17 nitrogen and oxygen atoms in total. The number of hydrogen-bond donors (Lipinski definition) is 3. The lowest BCUT2D eigenvalue weighted by molar-refractivity contribution is -0.161. The fraction of sp³-hybridized carbons (Fsp3) is 0.943. The average molecular weight is 1310 g/mol. The first-order chi connectivity index (χ1) is 42.8. The molecule has 528 valence electrons. The molecule has 0 aromatic heterocycles. The number of phosphoric acid groups is 2. The lowest BCUT2D eigenvalue weighted by Crippen LogP contribution is -2.30. The lowest BCUT2D eigenvalue weighted by Gasteiger charge is -2.21. The fourth-order valence-electron chi connectivity index (χ4n) is 10.5. The number of hydrogen-bond acceptors (Lipinski definition) is 15. The first-order valence-corrected chi connectivity index (χ1v) is 39.4. The molecule has 0 aliphatic rings. The van der Waals surface area contributed by atoms with Gasteiger partial charge in [-0.3, -0.25) is 37.3 Å². The van der Waals surface area contributed by atoms with E-state index in [2.05, 4.69) is 48.5 Å². The summed E-state index contributed by atoms with van der Waals surface area (Å²) in [5, 5.41) is 10.6. The summed E-state index contributed by atoms with van der Waals surface area (Å²) >= 11 is 0. The first-order valence-electron chi connectivity index (χ1n) is 36.4. The second-order valence-corrected chi connectivity index (χ2v) is 29.1.